The third-order valence-electron chi connectivity index (χ3n) is 2.48. The molecule has 0 fully saturated rings. The van der Waals surface area contributed by atoms with Crippen LogP contribution in [-0.2, 0) is 10.2 Å². The van der Waals surface area contributed by atoms with Crippen LogP contribution in [0.25, 0.3) is 0 Å². The van der Waals surface area contributed by atoms with Crippen molar-refractivity contribution >= 4 is 39.1 Å². The molecule has 0 aliphatic rings. The summed E-state index contributed by atoms with van der Waals surface area (Å²) in [6.45, 7) is 0. The average Bonchev–Trinajstić information content (AvgIpc) is 2.40. The van der Waals surface area contributed by atoms with Gasteiger partial charge in [0.1, 0.15) is 0 Å². The molecule has 0 amide bonds. The Kier molecular flexibility index (Phi) is 4.61. The van der Waals surface area contributed by atoms with Crippen molar-refractivity contribution in [3.8, 4) is 0 Å². The highest BCUT2D eigenvalue weighted by Crippen LogP contribution is 2.19. The Balaban J connectivity index is 2.09. The van der Waals surface area contributed by atoms with E-state index in [1.807, 2.05) is 6.07 Å². The van der Waals surface area contributed by atoms with Gasteiger partial charge in [-0.05, 0) is 30.3 Å². The summed E-state index contributed by atoms with van der Waals surface area (Å²) in [4.78, 5) is 0. The van der Waals surface area contributed by atoms with Crippen LogP contribution >= 0.6 is 11.6 Å². The second-order valence-corrected chi connectivity index (χ2v) is 6.65. The van der Waals surface area contributed by atoms with Gasteiger partial charge in [-0.3, -0.25) is 4.72 Å². The molecule has 0 atom stereocenters. The third-order valence-corrected chi connectivity index (χ3v) is 4.14. The summed E-state index contributed by atoms with van der Waals surface area (Å²) in [6.07, 6.45) is 0. The number of aromatic nitrogens is 2. The van der Waals surface area contributed by atoms with E-state index in [0.717, 1.165) is 9.99 Å². The van der Waals surface area contributed by atoms with Crippen molar-refractivity contribution in [3.63, 3.8) is 0 Å². The van der Waals surface area contributed by atoms with E-state index in [4.69, 9.17) is 11.6 Å². The molecule has 7 nitrogen and oxygen atoms in total. The predicted octanol–water partition coefficient (Wildman–Crippen LogP) is 2.09. The lowest BCUT2D eigenvalue weighted by molar-refractivity contribution is 0.526. The summed E-state index contributed by atoms with van der Waals surface area (Å²) in [7, 11) is -0.743. The van der Waals surface area contributed by atoms with E-state index in [2.05, 4.69) is 20.2 Å². The maximum atomic E-state index is 11.6. The molecule has 1 aromatic carbocycles. The second-order valence-electron chi connectivity index (χ2n) is 4.33. The summed E-state index contributed by atoms with van der Waals surface area (Å²) >= 11 is 5.88. The lowest BCUT2D eigenvalue weighted by atomic mass is 10.3. The number of rotatable bonds is 5. The summed E-state index contributed by atoms with van der Waals surface area (Å²) in [6, 6.07) is 10.3. The van der Waals surface area contributed by atoms with Crippen LogP contribution in [0.3, 0.4) is 0 Å². The molecule has 112 valence electrons. The van der Waals surface area contributed by atoms with Gasteiger partial charge < -0.3 is 5.32 Å². The maximum absolute atomic E-state index is 11.6. The van der Waals surface area contributed by atoms with Crippen molar-refractivity contribution in [2.45, 2.75) is 0 Å². The first-order valence-corrected chi connectivity index (χ1v) is 7.75. The Morgan fingerprint density at radius 1 is 1.10 bits per heavy atom. The predicted molar refractivity (Wildman–Crippen MR) is 83.0 cm³/mol. The molecule has 0 saturated heterocycles. The smallest absolute Gasteiger partial charge is 0.302 e. The Morgan fingerprint density at radius 2 is 1.76 bits per heavy atom. The van der Waals surface area contributed by atoms with Crippen LogP contribution in [0, 0.1) is 0 Å². The summed E-state index contributed by atoms with van der Waals surface area (Å²) in [5, 5.41) is 11.3. The van der Waals surface area contributed by atoms with Gasteiger partial charge in [-0.15, -0.1) is 10.2 Å². The molecule has 2 aromatic rings. The first kappa shape index (κ1) is 15.5. The molecule has 0 saturated carbocycles. The number of halogens is 1. The fourth-order valence-corrected chi connectivity index (χ4v) is 2.14. The SMILES string of the molecule is CN(C)S(=O)(=O)Nc1ccc(Nc2cccc(Cl)c2)nn1. The molecule has 21 heavy (non-hydrogen) atoms. The topological polar surface area (TPSA) is 87.2 Å². The minimum Gasteiger partial charge on any atom is -0.339 e. The monoisotopic (exact) mass is 327 g/mol. The molecule has 1 aromatic heterocycles. The molecule has 1 heterocycles. The van der Waals surface area contributed by atoms with Crippen LogP contribution in [0.2, 0.25) is 5.02 Å². The zero-order chi connectivity index (χ0) is 15.5. The highest BCUT2D eigenvalue weighted by Gasteiger charge is 2.13. The number of nitrogens with one attached hydrogen (secondary N) is 2. The van der Waals surface area contributed by atoms with Gasteiger partial charge in [0.05, 0.1) is 0 Å². The number of nitrogens with zero attached hydrogens (tertiary/aromatic N) is 3. The first-order chi connectivity index (χ1) is 9.87. The van der Waals surface area contributed by atoms with Gasteiger partial charge in [0.15, 0.2) is 11.6 Å². The van der Waals surface area contributed by atoms with Gasteiger partial charge in [0.2, 0.25) is 0 Å². The maximum Gasteiger partial charge on any atom is 0.302 e. The zero-order valence-electron chi connectivity index (χ0n) is 11.4. The van der Waals surface area contributed by atoms with Crippen LogP contribution in [0.1, 0.15) is 0 Å². The Labute approximate surface area is 128 Å². The lowest BCUT2D eigenvalue weighted by Crippen LogP contribution is -2.29. The van der Waals surface area contributed by atoms with Crippen LogP contribution in [0.5, 0.6) is 0 Å². The second kappa shape index (κ2) is 6.25. The Bertz CT molecular complexity index is 719. The van der Waals surface area contributed by atoms with Crippen LogP contribution in [0.4, 0.5) is 17.3 Å². The average molecular weight is 328 g/mol. The van der Waals surface area contributed by atoms with E-state index >= 15 is 0 Å². The fraction of sp³-hybridized carbons (Fsp3) is 0.167. The van der Waals surface area contributed by atoms with Crippen molar-refractivity contribution in [3.05, 3.63) is 41.4 Å². The molecule has 0 aliphatic heterocycles. The van der Waals surface area contributed by atoms with Crippen molar-refractivity contribution in [2.24, 2.45) is 0 Å². The van der Waals surface area contributed by atoms with E-state index in [9.17, 15) is 8.42 Å². The van der Waals surface area contributed by atoms with Gasteiger partial charge in [-0.25, -0.2) is 0 Å². The molecular weight excluding hydrogens is 314 g/mol. The minimum atomic E-state index is -3.59. The number of benzene rings is 1. The summed E-state index contributed by atoms with van der Waals surface area (Å²) in [5.41, 5.74) is 0.762. The molecule has 9 heteroatoms. The lowest BCUT2D eigenvalue weighted by Gasteiger charge is -2.12. The zero-order valence-corrected chi connectivity index (χ0v) is 13.0. The summed E-state index contributed by atoms with van der Waals surface area (Å²) < 4.78 is 26.6. The number of anilines is 3. The van der Waals surface area contributed by atoms with Gasteiger partial charge >= 0.3 is 10.2 Å². The van der Waals surface area contributed by atoms with Crippen LogP contribution < -0.4 is 10.0 Å². The highest BCUT2D eigenvalue weighted by atomic mass is 35.5. The molecule has 0 bridgehead atoms. The molecular formula is C12H14ClN5O2S. The normalized spacial score (nSPS) is 11.4. The van der Waals surface area contributed by atoms with Crippen molar-refractivity contribution in [1.29, 1.82) is 0 Å². The van der Waals surface area contributed by atoms with E-state index in [0.29, 0.717) is 10.8 Å². The van der Waals surface area contributed by atoms with Gasteiger partial charge in [0, 0.05) is 24.8 Å². The molecule has 0 radical (unpaired) electrons. The molecule has 2 rings (SSSR count). The molecule has 0 spiro atoms. The van der Waals surface area contributed by atoms with Crippen LogP contribution in [0.15, 0.2) is 36.4 Å². The van der Waals surface area contributed by atoms with Crippen LogP contribution in [-0.4, -0.2) is 37.0 Å². The minimum absolute atomic E-state index is 0.139. The Hall–Kier alpha value is -1.90. The molecule has 2 N–H and O–H groups in total. The van der Waals surface area contributed by atoms with E-state index in [1.54, 1.807) is 24.3 Å². The van der Waals surface area contributed by atoms with E-state index in [-0.39, 0.29) is 5.82 Å². The van der Waals surface area contributed by atoms with Crippen molar-refractivity contribution in [1.82, 2.24) is 14.5 Å². The summed E-state index contributed by atoms with van der Waals surface area (Å²) in [5.74, 6) is 0.616. The number of hydrogen-bond donors (Lipinski definition) is 2. The largest absolute Gasteiger partial charge is 0.339 e. The van der Waals surface area contributed by atoms with Crippen molar-refractivity contribution in [2.75, 3.05) is 24.1 Å². The Morgan fingerprint density at radius 3 is 2.33 bits per heavy atom. The number of hydrogen-bond acceptors (Lipinski definition) is 5. The van der Waals surface area contributed by atoms with Gasteiger partial charge in [0.25, 0.3) is 0 Å². The highest BCUT2D eigenvalue weighted by molar-refractivity contribution is 7.90. The van der Waals surface area contributed by atoms with Crippen molar-refractivity contribution < 1.29 is 8.42 Å². The fourth-order valence-electron chi connectivity index (χ4n) is 1.39. The standard InChI is InChI=1S/C12H14ClN5O2S/c1-18(2)21(19,20)17-12-7-6-11(15-16-12)14-10-5-3-4-9(13)8-10/h3-8H,1-2H3,(H,14,15)(H,16,17). The first-order valence-electron chi connectivity index (χ1n) is 5.93. The third kappa shape index (κ3) is 4.28. The van der Waals surface area contributed by atoms with E-state index < -0.39 is 10.2 Å². The quantitative estimate of drug-likeness (QED) is 0.878. The molecule has 0 aliphatic carbocycles. The van der Waals surface area contributed by atoms with Gasteiger partial charge in [-0.2, -0.15) is 12.7 Å². The molecule has 0 unspecified atom stereocenters. The van der Waals surface area contributed by atoms with E-state index in [1.165, 1.54) is 20.2 Å². The van der Waals surface area contributed by atoms with Gasteiger partial charge in [-0.1, -0.05) is 17.7 Å².